The third-order valence-corrected chi connectivity index (χ3v) is 9.33. The molecule has 0 saturated carbocycles. The molecule has 3 aromatic carbocycles. The number of piperazine rings is 1. The van der Waals surface area contributed by atoms with Crippen LogP contribution < -0.4 is 4.90 Å². The van der Waals surface area contributed by atoms with Crippen molar-refractivity contribution < 1.29 is 17.6 Å². The monoisotopic (exact) mass is 507 g/mol. The van der Waals surface area contributed by atoms with E-state index in [-0.39, 0.29) is 23.9 Å². The van der Waals surface area contributed by atoms with Gasteiger partial charge in [0.1, 0.15) is 5.82 Å². The van der Waals surface area contributed by atoms with Gasteiger partial charge in [0, 0.05) is 45.0 Å². The quantitative estimate of drug-likeness (QED) is 0.526. The Morgan fingerprint density at radius 1 is 0.750 bits per heavy atom. The number of carbonyl (C=O) groups is 1. The van der Waals surface area contributed by atoms with E-state index in [0.717, 1.165) is 30.4 Å². The number of hydrogen-bond acceptors (Lipinski definition) is 4. The number of rotatable bonds is 5. The minimum absolute atomic E-state index is 0.0573. The fraction of sp³-hybridized carbons (Fsp3) is 0.321. The number of para-hydroxylation sites is 1. The minimum atomic E-state index is -3.84. The van der Waals surface area contributed by atoms with E-state index in [2.05, 4.69) is 17.0 Å². The Morgan fingerprint density at radius 3 is 1.97 bits per heavy atom. The molecule has 0 atom stereocenters. The second-order valence-electron chi connectivity index (χ2n) is 9.42. The molecule has 5 rings (SSSR count). The highest BCUT2D eigenvalue weighted by Crippen LogP contribution is 2.39. The van der Waals surface area contributed by atoms with Crippen molar-refractivity contribution in [3.63, 3.8) is 0 Å². The number of carbonyl (C=O) groups excluding carboxylic acids is 1. The zero-order valence-corrected chi connectivity index (χ0v) is 20.9. The smallest absolute Gasteiger partial charge is 0.243 e. The molecule has 6 nitrogen and oxygen atoms in total. The Hall–Kier alpha value is -3.23. The van der Waals surface area contributed by atoms with Gasteiger partial charge in [-0.2, -0.15) is 4.31 Å². The van der Waals surface area contributed by atoms with Gasteiger partial charge in [0.15, 0.2) is 0 Å². The highest BCUT2D eigenvalue weighted by atomic mass is 32.2. The number of piperidine rings is 1. The summed E-state index contributed by atoms with van der Waals surface area (Å²) in [5.41, 5.74) is 1.28. The zero-order valence-electron chi connectivity index (χ0n) is 20.1. The largest absolute Gasteiger partial charge is 0.368 e. The number of nitrogens with zero attached hydrogens (tertiary/aromatic N) is 3. The van der Waals surface area contributed by atoms with E-state index in [9.17, 15) is 17.6 Å². The molecule has 2 saturated heterocycles. The average molecular weight is 508 g/mol. The fourth-order valence-electron chi connectivity index (χ4n) is 5.38. The third kappa shape index (κ3) is 4.63. The molecule has 0 N–H and O–H groups in total. The molecule has 2 aliphatic heterocycles. The van der Waals surface area contributed by atoms with E-state index in [1.807, 2.05) is 53.4 Å². The number of anilines is 1. The van der Waals surface area contributed by atoms with Crippen LogP contribution in [-0.4, -0.2) is 62.8 Å². The van der Waals surface area contributed by atoms with Crippen LogP contribution in [-0.2, 0) is 20.2 Å². The predicted octanol–water partition coefficient (Wildman–Crippen LogP) is 3.90. The Bertz CT molecular complexity index is 1300. The molecule has 36 heavy (non-hydrogen) atoms. The first-order valence-corrected chi connectivity index (χ1v) is 13.7. The van der Waals surface area contributed by atoms with Crippen LogP contribution >= 0.6 is 0 Å². The SMILES string of the molecule is O=C(N1CCN(c2ccccc2)CC1)C1(c2ccccc2)CCN(S(=O)(=O)c2cccc(F)c2)CC1. The Morgan fingerprint density at radius 2 is 1.36 bits per heavy atom. The molecule has 188 valence electrons. The van der Waals surface area contributed by atoms with E-state index in [4.69, 9.17) is 0 Å². The summed E-state index contributed by atoms with van der Waals surface area (Å²) in [5.74, 6) is -0.527. The van der Waals surface area contributed by atoms with Crippen molar-refractivity contribution in [3.05, 3.63) is 96.3 Å². The van der Waals surface area contributed by atoms with Gasteiger partial charge in [0.25, 0.3) is 0 Å². The zero-order chi connectivity index (χ0) is 25.2. The summed E-state index contributed by atoms with van der Waals surface area (Å²) in [4.78, 5) is 18.2. The molecule has 0 aliphatic carbocycles. The number of amides is 1. The topological polar surface area (TPSA) is 60.9 Å². The van der Waals surface area contributed by atoms with Crippen LogP contribution in [0.1, 0.15) is 18.4 Å². The lowest BCUT2D eigenvalue weighted by Crippen LogP contribution is -2.57. The van der Waals surface area contributed by atoms with Crippen molar-refractivity contribution in [2.75, 3.05) is 44.2 Å². The lowest BCUT2D eigenvalue weighted by molar-refractivity contribution is -0.139. The van der Waals surface area contributed by atoms with Gasteiger partial charge < -0.3 is 9.80 Å². The van der Waals surface area contributed by atoms with Gasteiger partial charge in [0.05, 0.1) is 10.3 Å². The van der Waals surface area contributed by atoms with Crippen LogP contribution in [0.5, 0.6) is 0 Å². The lowest BCUT2D eigenvalue weighted by atomic mass is 9.72. The number of halogens is 1. The second kappa shape index (κ2) is 10.0. The van der Waals surface area contributed by atoms with E-state index >= 15 is 0 Å². The molecule has 2 fully saturated rings. The highest BCUT2D eigenvalue weighted by molar-refractivity contribution is 7.89. The van der Waals surface area contributed by atoms with Crippen molar-refractivity contribution in [1.29, 1.82) is 0 Å². The van der Waals surface area contributed by atoms with Gasteiger partial charge in [-0.3, -0.25) is 4.79 Å². The molecule has 0 radical (unpaired) electrons. The molecule has 8 heteroatoms. The normalized spacial score (nSPS) is 18.7. The summed E-state index contributed by atoms with van der Waals surface area (Å²) in [6, 6.07) is 25.0. The van der Waals surface area contributed by atoms with Gasteiger partial charge in [-0.15, -0.1) is 0 Å². The van der Waals surface area contributed by atoms with Gasteiger partial charge in [0.2, 0.25) is 15.9 Å². The molecule has 0 bridgehead atoms. The molecule has 0 unspecified atom stereocenters. The van der Waals surface area contributed by atoms with E-state index in [1.165, 1.54) is 22.5 Å². The molecule has 3 aromatic rings. The number of hydrogen-bond donors (Lipinski definition) is 0. The standard InChI is InChI=1S/C28H30FN3O3S/c29-24-10-7-13-26(22-24)36(34,35)32-16-14-28(15-17-32,23-8-3-1-4-9-23)27(33)31-20-18-30(19-21-31)25-11-5-2-6-12-25/h1-13,22H,14-21H2. The molecule has 2 heterocycles. The van der Waals surface area contributed by atoms with Crippen molar-refractivity contribution >= 4 is 21.6 Å². The average Bonchev–Trinajstić information content (AvgIpc) is 2.94. The molecule has 2 aliphatic rings. The maximum atomic E-state index is 14.1. The first-order valence-electron chi connectivity index (χ1n) is 12.3. The van der Waals surface area contributed by atoms with Gasteiger partial charge in [-0.25, -0.2) is 12.8 Å². The summed E-state index contributed by atoms with van der Waals surface area (Å²) >= 11 is 0. The van der Waals surface area contributed by atoms with Crippen LogP contribution in [0.2, 0.25) is 0 Å². The molecule has 0 spiro atoms. The lowest BCUT2D eigenvalue weighted by Gasteiger charge is -2.45. The number of benzene rings is 3. The number of sulfonamides is 1. The van der Waals surface area contributed by atoms with E-state index in [1.54, 1.807) is 0 Å². The van der Waals surface area contributed by atoms with Gasteiger partial charge in [-0.05, 0) is 48.7 Å². The highest BCUT2D eigenvalue weighted by Gasteiger charge is 2.47. The maximum absolute atomic E-state index is 14.1. The summed E-state index contributed by atoms with van der Waals surface area (Å²) in [6.45, 7) is 3.13. The third-order valence-electron chi connectivity index (χ3n) is 7.43. The van der Waals surface area contributed by atoms with E-state index < -0.39 is 21.3 Å². The summed E-state index contributed by atoms with van der Waals surface area (Å²) < 4.78 is 41.5. The van der Waals surface area contributed by atoms with Gasteiger partial charge in [-0.1, -0.05) is 54.6 Å². The van der Waals surface area contributed by atoms with Crippen LogP contribution in [0, 0.1) is 5.82 Å². The fourth-order valence-corrected chi connectivity index (χ4v) is 6.85. The Kier molecular flexibility index (Phi) is 6.81. The van der Waals surface area contributed by atoms with Crippen LogP contribution in [0.25, 0.3) is 0 Å². The Balaban J connectivity index is 1.35. The van der Waals surface area contributed by atoms with Crippen molar-refractivity contribution in [2.24, 2.45) is 0 Å². The molecule has 0 aromatic heterocycles. The molecular formula is C28H30FN3O3S. The van der Waals surface area contributed by atoms with Crippen LogP contribution in [0.3, 0.4) is 0 Å². The minimum Gasteiger partial charge on any atom is -0.368 e. The Labute approximate surface area is 212 Å². The summed E-state index contributed by atoms with van der Waals surface area (Å²) in [7, 11) is -3.84. The van der Waals surface area contributed by atoms with Crippen LogP contribution in [0.4, 0.5) is 10.1 Å². The molecular weight excluding hydrogens is 477 g/mol. The summed E-state index contributed by atoms with van der Waals surface area (Å²) in [5, 5.41) is 0. The second-order valence-corrected chi connectivity index (χ2v) is 11.4. The first-order chi connectivity index (χ1) is 17.4. The van der Waals surface area contributed by atoms with Crippen molar-refractivity contribution in [3.8, 4) is 0 Å². The van der Waals surface area contributed by atoms with Crippen molar-refractivity contribution in [2.45, 2.75) is 23.2 Å². The summed E-state index contributed by atoms with van der Waals surface area (Å²) in [6.07, 6.45) is 0.757. The molecule has 1 amide bonds. The van der Waals surface area contributed by atoms with Gasteiger partial charge >= 0.3 is 0 Å². The van der Waals surface area contributed by atoms with E-state index in [0.29, 0.717) is 25.9 Å². The predicted molar refractivity (Wildman–Crippen MR) is 138 cm³/mol. The maximum Gasteiger partial charge on any atom is 0.243 e. The van der Waals surface area contributed by atoms with Crippen molar-refractivity contribution in [1.82, 2.24) is 9.21 Å². The van der Waals surface area contributed by atoms with Crippen LogP contribution in [0.15, 0.2) is 89.8 Å². The first kappa shape index (κ1) is 24.5.